The molecule has 0 aliphatic heterocycles. The second-order valence-corrected chi connectivity index (χ2v) is 4.39. The topological polar surface area (TPSA) is 9.23 Å². The fraction of sp³-hybridized carbons (Fsp3) is 1.00. The molecule has 86 valence electrons. The molecule has 1 nitrogen and oxygen atoms in total. The van der Waals surface area contributed by atoms with E-state index in [4.69, 9.17) is 27.9 Å². The van der Waals surface area contributed by atoms with Gasteiger partial charge in [-0.15, -0.1) is 23.2 Å². The van der Waals surface area contributed by atoms with Gasteiger partial charge in [0.1, 0.15) is 0 Å². The van der Waals surface area contributed by atoms with Crippen molar-refractivity contribution in [1.29, 1.82) is 0 Å². The first kappa shape index (κ1) is 14.8. The molecule has 0 N–H and O–H groups in total. The molecule has 2 unspecified atom stereocenters. The van der Waals surface area contributed by atoms with Gasteiger partial charge in [-0.25, -0.2) is 0 Å². The van der Waals surface area contributed by atoms with Gasteiger partial charge in [-0.1, -0.05) is 15.9 Å². The highest BCUT2D eigenvalue weighted by Crippen LogP contribution is 2.20. The van der Waals surface area contributed by atoms with Gasteiger partial charge in [0.2, 0.25) is 0 Å². The first-order valence-corrected chi connectivity index (χ1v) is 5.83. The Labute approximate surface area is 99.0 Å². The Kier molecular flexibility index (Phi) is 7.56. The van der Waals surface area contributed by atoms with E-state index in [2.05, 4.69) is 15.9 Å². The molecule has 0 heterocycles. The summed E-state index contributed by atoms with van der Waals surface area (Å²) in [4.78, 5) is -0.227. The highest BCUT2D eigenvalue weighted by molar-refractivity contribution is 9.09. The third kappa shape index (κ3) is 7.15. The monoisotopic (exact) mass is 316 g/mol. The van der Waals surface area contributed by atoms with Crippen LogP contribution in [0.3, 0.4) is 0 Å². The number of hydrogen-bond acceptors (Lipinski definition) is 1. The molecule has 0 fully saturated rings. The maximum atomic E-state index is 11.7. The molecule has 14 heavy (non-hydrogen) atoms. The van der Waals surface area contributed by atoms with Crippen molar-refractivity contribution in [2.75, 3.05) is 18.4 Å². The summed E-state index contributed by atoms with van der Waals surface area (Å²) in [6.07, 6.45) is -5.65. The molecular formula is C7H10BrCl2F3O. The van der Waals surface area contributed by atoms with E-state index < -0.39 is 18.7 Å². The molecule has 0 saturated heterocycles. The SMILES string of the molecule is FC(F)(F)CCOC(CCl)C(Br)CCl. The largest absolute Gasteiger partial charge is 0.391 e. The Bertz CT molecular complexity index is 156. The maximum absolute atomic E-state index is 11.7. The predicted octanol–water partition coefficient (Wildman–Crippen LogP) is 3.57. The summed E-state index contributed by atoms with van der Waals surface area (Å²) in [6, 6.07) is 0. The zero-order valence-corrected chi connectivity index (χ0v) is 10.3. The van der Waals surface area contributed by atoms with E-state index in [1.807, 2.05) is 0 Å². The van der Waals surface area contributed by atoms with Gasteiger partial charge in [-0.2, -0.15) is 13.2 Å². The van der Waals surface area contributed by atoms with E-state index in [0.29, 0.717) is 0 Å². The number of halogens is 6. The molecule has 0 aliphatic rings. The summed E-state index contributed by atoms with van der Waals surface area (Å²) in [5, 5.41) is 0. The molecule has 0 spiro atoms. The molecule has 0 rings (SSSR count). The van der Waals surface area contributed by atoms with Crippen LogP contribution in [0.15, 0.2) is 0 Å². The Hall–Kier alpha value is 0.810. The summed E-state index contributed by atoms with van der Waals surface area (Å²) in [6.45, 7) is -0.389. The number of alkyl halides is 6. The lowest BCUT2D eigenvalue weighted by molar-refractivity contribution is -0.148. The van der Waals surface area contributed by atoms with E-state index >= 15 is 0 Å². The van der Waals surface area contributed by atoms with Crippen LogP contribution in [-0.2, 0) is 4.74 Å². The standard InChI is InChI=1S/C7H10BrCl2F3O/c8-5(3-9)6(4-10)14-2-1-7(11,12)13/h5-6H,1-4H2. The minimum absolute atomic E-state index is 0.112. The molecule has 0 amide bonds. The van der Waals surface area contributed by atoms with E-state index in [1.165, 1.54) is 0 Å². The van der Waals surface area contributed by atoms with Crippen molar-refractivity contribution < 1.29 is 17.9 Å². The van der Waals surface area contributed by atoms with Crippen molar-refractivity contribution in [1.82, 2.24) is 0 Å². The molecule has 0 aliphatic carbocycles. The van der Waals surface area contributed by atoms with Crippen LogP contribution in [0.5, 0.6) is 0 Å². The number of hydrogen-bond donors (Lipinski definition) is 0. The lowest BCUT2D eigenvalue weighted by Gasteiger charge is -2.19. The van der Waals surface area contributed by atoms with Crippen molar-refractivity contribution in [2.24, 2.45) is 0 Å². The minimum Gasteiger partial charge on any atom is -0.375 e. The molecule has 2 atom stereocenters. The lowest BCUT2D eigenvalue weighted by atomic mass is 10.3. The third-order valence-corrected chi connectivity index (χ3v) is 3.34. The average molecular weight is 318 g/mol. The van der Waals surface area contributed by atoms with Crippen LogP contribution in [0.25, 0.3) is 0 Å². The highest BCUT2D eigenvalue weighted by atomic mass is 79.9. The van der Waals surface area contributed by atoms with Crippen LogP contribution < -0.4 is 0 Å². The second-order valence-electron chi connectivity index (χ2n) is 2.60. The molecule has 0 radical (unpaired) electrons. The Morgan fingerprint density at radius 1 is 1.21 bits per heavy atom. The molecule has 0 saturated carbocycles. The Morgan fingerprint density at radius 3 is 2.14 bits per heavy atom. The molecule has 7 heteroatoms. The van der Waals surface area contributed by atoms with E-state index in [1.54, 1.807) is 0 Å². The summed E-state index contributed by atoms with van der Waals surface area (Å²) in [5.74, 6) is 0.351. The van der Waals surface area contributed by atoms with Gasteiger partial charge in [-0.05, 0) is 0 Å². The maximum Gasteiger partial charge on any atom is 0.391 e. The van der Waals surface area contributed by atoms with Crippen molar-refractivity contribution in [3.63, 3.8) is 0 Å². The second kappa shape index (κ2) is 7.14. The van der Waals surface area contributed by atoms with Crippen LogP contribution in [0, 0.1) is 0 Å². The van der Waals surface area contributed by atoms with Gasteiger partial charge >= 0.3 is 6.18 Å². The summed E-state index contributed by atoms with van der Waals surface area (Å²) < 4.78 is 40.2. The van der Waals surface area contributed by atoms with Crippen LogP contribution in [0.1, 0.15) is 6.42 Å². The van der Waals surface area contributed by atoms with Crippen LogP contribution in [0.2, 0.25) is 0 Å². The fourth-order valence-corrected chi connectivity index (χ4v) is 1.73. The zero-order chi connectivity index (χ0) is 11.2. The summed E-state index contributed by atoms with van der Waals surface area (Å²) >= 11 is 14.1. The van der Waals surface area contributed by atoms with E-state index in [0.717, 1.165) is 0 Å². The normalized spacial score (nSPS) is 16.7. The predicted molar refractivity (Wildman–Crippen MR) is 54.6 cm³/mol. The minimum atomic E-state index is -4.19. The van der Waals surface area contributed by atoms with Crippen molar-refractivity contribution in [3.05, 3.63) is 0 Å². The number of rotatable bonds is 6. The van der Waals surface area contributed by atoms with Crippen molar-refractivity contribution in [3.8, 4) is 0 Å². The van der Waals surface area contributed by atoms with Gasteiger partial charge in [0.05, 0.1) is 24.0 Å². The van der Waals surface area contributed by atoms with Gasteiger partial charge in [0, 0.05) is 11.8 Å². The van der Waals surface area contributed by atoms with Gasteiger partial charge in [0.25, 0.3) is 0 Å². The molecule has 0 aromatic rings. The van der Waals surface area contributed by atoms with Gasteiger partial charge in [-0.3, -0.25) is 0 Å². The van der Waals surface area contributed by atoms with Crippen molar-refractivity contribution >= 4 is 39.1 Å². The van der Waals surface area contributed by atoms with Crippen LogP contribution in [-0.4, -0.2) is 35.5 Å². The van der Waals surface area contributed by atoms with Gasteiger partial charge in [0.15, 0.2) is 0 Å². The molecule has 0 aromatic heterocycles. The lowest BCUT2D eigenvalue weighted by Crippen LogP contribution is -2.29. The quantitative estimate of drug-likeness (QED) is 0.681. The summed E-state index contributed by atoms with van der Waals surface area (Å²) in [7, 11) is 0. The zero-order valence-electron chi connectivity index (χ0n) is 7.16. The fourth-order valence-electron chi connectivity index (χ4n) is 0.671. The van der Waals surface area contributed by atoms with Crippen LogP contribution >= 0.6 is 39.1 Å². The van der Waals surface area contributed by atoms with Crippen molar-refractivity contribution in [2.45, 2.75) is 23.5 Å². The van der Waals surface area contributed by atoms with Gasteiger partial charge < -0.3 is 4.74 Å². The molecular weight excluding hydrogens is 308 g/mol. The summed E-state index contributed by atoms with van der Waals surface area (Å²) in [5.41, 5.74) is 0. The smallest absolute Gasteiger partial charge is 0.375 e. The van der Waals surface area contributed by atoms with E-state index in [9.17, 15) is 13.2 Å². The first-order chi connectivity index (χ1) is 6.40. The Morgan fingerprint density at radius 2 is 1.79 bits per heavy atom. The third-order valence-electron chi connectivity index (χ3n) is 1.42. The first-order valence-electron chi connectivity index (χ1n) is 3.85. The number of ether oxygens (including phenoxy) is 1. The highest BCUT2D eigenvalue weighted by Gasteiger charge is 2.28. The average Bonchev–Trinajstić information content (AvgIpc) is 2.09. The molecule has 0 bridgehead atoms. The molecule has 0 aromatic carbocycles. The Balaban J connectivity index is 3.74. The van der Waals surface area contributed by atoms with E-state index in [-0.39, 0.29) is 23.2 Å². The van der Waals surface area contributed by atoms with Crippen LogP contribution in [0.4, 0.5) is 13.2 Å².